The Balaban J connectivity index is 0.00000385. The van der Waals surface area contributed by atoms with Gasteiger partial charge in [-0.25, -0.2) is 0 Å². The number of carbonyl (C=O) groups excluding carboxylic acids is 2. The quantitative estimate of drug-likeness (QED) is 0.262. The van der Waals surface area contributed by atoms with Gasteiger partial charge in [0.05, 0.1) is 12.8 Å². The second kappa shape index (κ2) is 12.5. The monoisotopic (exact) mass is 488 g/mol. The first-order valence-electron chi connectivity index (χ1n) is 9.62. The first-order chi connectivity index (χ1) is 15.5. The third kappa shape index (κ3) is 7.52. The highest BCUT2D eigenvalue weighted by Gasteiger charge is 2.10. The highest BCUT2D eigenvalue weighted by molar-refractivity contribution is 6.35. The lowest BCUT2D eigenvalue weighted by atomic mass is 10.2. The fourth-order valence-electron chi connectivity index (χ4n) is 2.74. The van der Waals surface area contributed by atoms with Crippen molar-refractivity contribution in [2.75, 3.05) is 12.4 Å². The van der Waals surface area contributed by atoms with Crippen molar-refractivity contribution in [2.24, 2.45) is 0 Å². The van der Waals surface area contributed by atoms with Crippen molar-refractivity contribution in [2.45, 2.75) is 13.5 Å². The molecule has 0 atom stereocenters. The van der Waals surface area contributed by atoms with Crippen LogP contribution < -0.4 is 19.5 Å². The van der Waals surface area contributed by atoms with E-state index in [0.29, 0.717) is 34.4 Å². The maximum atomic E-state index is 12.4. The smallest absolute Gasteiger partial charge is 0.308 e. The number of nitrogens with one attached hydrogen (secondary N) is 1. The standard InChI is InChI=1S/C24H21ClN2O5.ClH/c1-16(28)32-22-14-17(6-8-20(22)30-2)7-9-23(29)27-19-4-3-5-21(24(19)25)31-15-18-10-12-26-13-11-18;/h3-14H,15H2,1-2H3,(H,27,29);1H. The number of halogens is 2. The molecule has 0 aliphatic heterocycles. The Morgan fingerprint density at radius 2 is 1.82 bits per heavy atom. The van der Waals surface area contributed by atoms with Crippen LogP contribution in [0.15, 0.2) is 67.0 Å². The minimum Gasteiger partial charge on any atom is -0.493 e. The van der Waals surface area contributed by atoms with Gasteiger partial charge < -0.3 is 19.5 Å². The van der Waals surface area contributed by atoms with Crippen LogP contribution in [0.25, 0.3) is 6.08 Å². The van der Waals surface area contributed by atoms with Crippen molar-refractivity contribution >= 4 is 47.6 Å². The number of anilines is 1. The van der Waals surface area contributed by atoms with Crippen LogP contribution in [0.4, 0.5) is 5.69 Å². The molecule has 0 fully saturated rings. The zero-order valence-corrected chi connectivity index (χ0v) is 19.5. The Morgan fingerprint density at radius 3 is 2.52 bits per heavy atom. The van der Waals surface area contributed by atoms with Gasteiger partial charge in [-0.1, -0.05) is 23.7 Å². The van der Waals surface area contributed by atoms with Gasteiger partial charge in [-0.15, -0.1) is 12.4 Å². The van der Waals surface area contributed by atoms with Gasteiger partial charge in [0.15, 0.2) is 11.5 Å². The Kier molecular flexibility index (Phi) is 9.72. The summed E-state index contributed by atoms with van der Waals surface area (Å²) < 4.78 is 16.1. The van der Waals surface area contributed by atoms with Gasteiger partial charge in [-0.05, 0) is 53.6 Å². The van der Waals surface area contributed by atoms with E-state index >= 15 is 0 Å². The zero-order valence-electron chi connectivity index (χ0n) is 17.9. The lowest BCUT2D eigenvalue weighted by Gasteiger charge is -2.11. The minimum atomic E-state index is -0.470. The Hall–Kier alpha value is -3.55. The number of carbonyl (C=O) groups is 2. The van der Waals surface area contributed by atoms with Crippen molar-refractivity contribution < 1.29 is 23.8 Å². The van der Waals surface area contributed by atoms with E-state index in [2.05, 4.69) is 10.3 Å². The molecule has 0 aliphatic carbocycles. The summed E-state index contributed by atoms with van der Waals surface area (Å²) in [6.45, 7) is 1.62. The van der Waals surface area contributed by atoms with Gasteiger partial charge >= 0.3 is 5.97 Å². The van der Waals surface area contributed by atoms with Crippen LogP contribution in [0, 0.1) is 0 Å². The first-order valence-corrected chi connectivity index (χ1v) is 10.00. The predicted molar refractivity (Wildman–Crippen MR) is 129 cm³/mol. The SMILES string of the molecule is COc1ccc(C=CC(=O)Nc2cccc(OCc3ccncc3)c2Cl)cc1OC(C)=O.Cl. The summed E-state index contributed by atoms with van der Waals surface area (Å²) in [7, 11) is 1.48. The number of benzene rings is 2. The molecule has 33 heavy (non-hydrogen) atoms. The van der Waals surface area contributed by atoms with Crippen LogP contribution in [-0.2, 0) is 16.2 Å². The number of hydrogen-bond donors (Lipinski definition) is 1. The molecule has 3 rings (SSSR count). The highest BCUT2D eigenvalue weighted by Crippen LogP contribution is 2.33. The topological polar surface area (TPSA) is 86.8 Å². The third-order valence-electron chi connectivity index (χ3n) is 4.23. The number of esters is 1. The molecular formula is C24H22Cl2N2O5. The molecule has 0 radical (unpaired) electrons. The van der Waals surface area contributed by atoms with E-state index in [4.69, 9.17) is 25.8 Å². The van der Waals surface area contributed by atoms with Gasteiger partial charge in [-0.2, -0.15) is 0 Å². The fraction of sp³-hybridized carbons (Fsp3) is 0.125. The van der Waals surface area contributed by atoms with Crippen molar-refractivity contribution in [3.63, 3.8) is 0 Å². The lowest BCUT2D eigenvalue weighted by molar-refractivity contribution is -0.132. The number of ether oxygens (including phenoxy) is 3. The molecule has 0 unspecified atom stereocenters. The molecule has 0 aliphatic rings. The lowest BCUT2D eigenvalue weighted by Crippen LogP contribution is -2.08. The molecule has 0 saturated heterocycles. The Labute approximate surface area is 202 Å². The maximum absolute atomic E-state index is 12.4. The number of rotatable bonds is 8. The average molecular weight is 489 g/mol. The molecular weight excluding hydrogens is 467 g/mol. The normalized spacial score (nSPS) is 10.3. The van der Waals surface area contributed by atoms with Crippen LogP contribution in [0.5, 0.6) is 17.2 Å². The zero-order chi connectivity index (χ0) is 22.9. The van der Waals surface area contributed by atoms with Crippen molar-refractivity contribution in [3.8, 4) is 17.2 Å². The Morgan fingerprint density at radius 1 is 1.06 bits per heavy atom. The second-order valence-corrected chi connectivity index (χ2v) is 6.97. The summed E-state index contributed by atoms with van der Waals surface area (Å²) in [6, 6.07) is 13.8. The molecule has 2 aromatic carbocycles. The molecule has 1 aromatic heterocycles. The van der Waals surface area contributed by atoms with Crippen molar-refractivity contribution in [1.29, 1.82) is 0 Å². The largest absolute Gasteiger partial charge is 0.493 e. The number of amides is 1. The molecule has 1 heterocycles. The number of aromatic nitrogens is 1. The molecule has 7 nitrogen and oxygen atoms in total. The fourth-order valence-corrected chi connectivity index (χ4v) is 2.96. The van der Waals surface area contributed by atoms with Crippen LogP contribution in [0.2, 0.25) is 5.02 Å². The number of methoxy groups -OCH3 is 1. The molecule has 0 saturated carbocycles. The maximum Gasteiger partial charge on any atom is 0.308 e. The molecule has 3 aromatic rings. The molecule has 0 spiro atoms. The van der Waals surface area contributed by atoms with E-state index in [0.717, 1.165) is 5.56 Å². The van der Waals surface area contributed by atoms with Crippen LogP contribution in [-0.4, -0.2) is 24.0 Å². The number of pyridine rings is 1. The molecule has 1 amide bonds. The summed E-state index contributed by atoms with van der Waals surface area (Å²) in [5, 5.41) is 3.03. The summed E-state index contributed by atoms with van der Waals surface area (Å²) in [5.74, 6) is 0.277. The van der Waals surface area contributed by atoms with Gasteiger partial charge in [0.1, 0.15) is 17.4 Å². The van der Waals surface area contributed by atoms with Crippen LogP contribution in [0.1, 0.15) is 18.1 Å². The van der Waals surface area contributed by atoms with E-state index in [1.165, 1.54) is 20.1 Å². The van der Waals surface area contributed by atoms with Crippen LogP contribution >= 0.6 is 24.0 Å². The minimum absolute atomic E-state index is 0. The number of nitrogens with zero attached hydrogens (tertiary/aromatic N) is 1. The molecule has 9 heteroatoms. The van der Waals surface area contributed by atoms with Gasteiger partial charge in [0, 0.05) is 25.4 Å². The third-order valence-corrected chi connectivity index (χ3v) is 4.62. The van der Waals surface area contributed by atoms with Gasteiger partial charge in [-0.3, -0.25) is 14.6 Å². The molecule has 0 bridgehead atoms. The summed E-state index contributed by atoms with van der Waals surface area (Å²) >= 11 is 6.40. The van der Waals surface area contributed by atoms with Crippen molar-refractivity contribution in [3.05, 3.63) is 83.2 Å². The Bertz CT molecular complexity index is 1140. The van der Waals surface area contributed by atoms with Gasteiger partial charge in [0.2, 0.25) is 5.91 Å². The second-order valence-electron chi connectivity index (χ2n) is 6.59. The van der Waals surface area contributed by atoms with E-state index in [9.17, 15) is 9.59 Å². The summed E-state index contributed by atoms with van der Waals surface area (Å²) in [6.07, 6.45) is 6.29. The van der Waals surface area contributed by atoms with E-state index in [1.807, 2.05) is 12.1 Å². The van der Waals surface area contributed by atoms with Crippen LogP contribution in [0.3, 0.4) is 0 Å². The highest BCUT2D eigenvalue weighted by atomic mass is 35.5. The van der Waals surface area contributed by atoms with E-state index < -0.39 is 5.97 Å². The average Bonchev–Trinajstić information content (AvgIpc) is 2.79. The van der Waals surface area contributed by atoms with Gasteiger partial charge in [0.25, 0.3) is 0 Å². The predicted octanol–water partition coefficient (Wildman–Crippen LogP) is 5.32. The number of hydrogen-bond acceptors (Lipinski definition) is 6. The summed E-state index contributed by atoms with van der Waals surface area (Å²) in [4.78, 5) is 27.6. The molecule has 1 N–H and O–H groups in total. The first kappa shape index (κ1) is 25.7. The summed E-state index contributed by atoms with van der Waals surface area (Å²) in [5.41, 5.74) is 2.02. The molecule has 172 valence electrons. The van der Waals surface area contributed by atoms with Crippen molar-refractivity contribution in [1.82, 2.24) is 4.98 Å². The van der Waals surface area contributed by atoms with E-state index in [-0.39, 0.29) is 24.1 Å². The van der Waals surface area contributed by atoms with E-state index in [1.54, 1.807) is 54.9 Å².